The quantitative estimate of drug-likeness (QED) is 0.700. The molecule has 0 bridgehead atoms. The van der Waals surface area contributed by atoms with E-state index < -0.39 is 10.0 Å². The van der Waals surface area contributed by atoms with Gasteiger partial charge in [0.25, 0.3) is 0 Å². The smallest absolute Gasteiger partial charge is 0.240 e. The van der Waals surface area contributed by atoms with Gasteiger partial charge < -0.3 is 11.1 Å². The summed E-state index contributed by atoms with van der Waals surface area (Å²) in [4.78, 5) is 11.9. The van der Waals surface area contributed by atoms with Crippen LogP contribution in [0.2, 0.25) is 0 Å². The van der Waals surface area contributed by atoms with E-state index in [0.717, 1.165) is 12.8 Å². The Morgan fingerprint density at radius 2 is 2.10 bits per heavy atom. The Morgan fingerprint density at radius 1 is 1.40 bits per heavy atom. The van der Waals surface area contributed by atoms with Gasteiger partial charge in [0.1, 0.15) is 0 Å². The first kappa shape index (κ1) is 16.6. The van der Waals surface area contributed by atoms with Crippen LogP contribution in [0, 0.1) is 0 Å². The molecule has 0 aliphatic carbocycles. The van der Waals surface area contributed by atoms with Crippen LogP contribution < -0.4 is 15.8 Å². The number of carbonyl (C=O) groups excluding carboxylic acids is 1. The Kier molecular flexibility index (Phi) is 6.12. The summed E-state index contributed by atoms with van der Waals surface area (Å²) in [7, 11) is -2.18. The second kappa shape index (κ2) is 7.37. The molecule has 0 spiro atoms. The molecule has 0 saturated carbocycles. The van der Waals surface area contributed by atoms with E-state index in [1.807, 2.05) is 6.92 Å². The van der Waals surface area contributed by atoms with Gasteiger partial charge in [0.2, 0.25) is 15.9 Å². The van der Waals surface area contributed by atoms with Gasteiger partial charge in [-0.2, -0.15) is 0 Å². The first-order valence-electron chi connectivity index (χ1n) is 6.48. The number of carbonyl (C=O) groups is 1. The summed E-state index contributed by atoms with van der Waals surface area (Å²) in [5.74, 6) is -0.218. The highest BCUT2D eigenvalue weighted by Crippen LogP contribution is 2.15. The molecule has 1 amide bonds. The van der Waals surface area contributed by atoms with E-state index in [4.69, 9.17) is 5.73 Å². The van der Waals surface area contributed by atoms with E-state index in [2.05, 4.69) is 10.0 Å². The normalized spacial score (nSPS) is 12.9. The molecule has 0 radical (unpaired) electrons. The molecular weight excluding hydrogens is 278 g/mol. The Labute approximate surface area is 119 Å². The van der Waals surface area contributed by atoms with Crippen LogP contribution >= 0.6 is 0 Å². The number of nitrogens with two attached hydrogens (primary N) is 1. The third kappa shape index (κ3) is 4.92. The molecule has 0 heterocycles. The summed E-state index contributed by atoms with van der Waals surface area (Å²) in [6.45, 7) is 2.00. The molecule has 112 valence electrons. The van der Waals surface area contributed by atoms with Crippen LogP contribution in [-0.4, -0.2) is 27.4 Å². The lowest BCUT2D eigenvalue weighted by atomic mass is 10.1. The zero-order chi connectivity index (χ0) is 15.2. The van der Waals surface area contributed by atoms with Crippen molar-refractivity contribution in [2.45, 2.75) is 37.1 Å². The highest BCUT2D eigenvalue weighted by Gasteiger charge is 2.13. The summed E-state index contributed by atoms with van der Waals surface area (Å²) < 4.78 is 25.5. The van der Waals surface area contributed by atoms with Gasteiger partial charge in [0, 0.05) is 18.2 Å². The topological polar surface area (TPSA) is 101 Å². The van der Waals surface area contributed by atoms with Gasteiger partial charge in [-0.05, 0) is 31.7 Å². The van der Waals surface area contributed by atoms with Gasteiger partial charge in [-0.25, -0.2) is 13.1 Å². The van der Waals surface area contributed by atoms with Crippen molar-refractivity contribution in [3.05, 3.63) is 24.3 Å². The Morgan fingerprint density at radius 3 is 2.70 bits per heavy atom. The first-order chi connectivity index (χ1) is 9.39. The second-order valence-electron chi connectivity index (χ2n) is 4.54. The van der Waals surface area contributed by atoms with E-state index in [1.165, 1.54) is 19.2 Å². The van der Waals surface area contributed by atoms with Crippen molar-refractivity contribution in [3.8, 4) is 0 Å². The SMILES string of the molecule is CCCC(N)CC(=O)Nc1cccc(S(=O)(=O)NC)c1. The molecule has 4 N–H and O–H groups in total. The third-order valence-corrected chi connectivity index (χ3v) is 4.22. The van der Waals surface area contributed by atoms with Crippen LogP contribution in [0.5, 0.6) is 0 Å². The molecule has 1 atom stereocenters. The summed E-state index contributed by atoms with van der Waals surface area (Å²) in [6.07, 6.45) is 1.92. The fourth-order valence-electron chi connectivity index (χ4n) is 1.78. The van der Waals surface area contributed by atoms with Crippen LogP contribution in [0.3, 0.4) is 0 Å². The van der Waals surface area contributed by atoms with E-state index in [9.17, 15) is 13.2 Å². The maximum Gasteiger partial charge on any atom is 0.240 e. The van der Waals surface area contributed by atoms with Gasteiger partial charge in [0.05, 0.1) is 4.90 Å². The number of anilines is 1. The Balaban J connectivity index is 2.74. The van der Waals surface area contributed by atoms with Crippen molar-refractivity contribution in [2.75, 3.05) is 12.4 Å². The summed E-state index contributed by atoms with van der Waals surface area (Å²) in [6, 6.07) is 5.91. The van der Waals surface area contributed by atoms with Crippen LogP contribution in [0.4, 0.5) is 5.69 Å². The number of rotatable bonds is 7. The van der Waals surface area contributed by atoms with Crippen LogP contribution in [0.25, 0.3) is 0 Å². The van der Waals surface area contributed by atoms with Crippen molar-refractivity contribution < 1.29 is 13.2 Å². The van der Waals surface area contributed by atoms with Crippen molar-refractivity contribution in [2.24, 2.45) is 5.73 Å². The lowest BCUT2D eigenvalue weighted by Gasteiger charge is -2.11. The fourth-order valence-corrected chi connectivity index (χ4v) is 2.56. The minimum Gasteiger partial charge on any atom is -0.327 e. The van der Waals surface area contributed by atoms with Gasteiger partial charge in [-0.1, -0.05) is 19.4 Å². The van der Waals surface area contributed by atoms with Crippen molar-refractivity contribution in [1.82, 2.24) is 4.72 Å². The van der Waals surface area contributed by atoms with E-state index >= 15 is 0 Å². The number of nitrogens with one attached hydrogen (secondary N) is 2. The predicted molar refractivity (Wildman–Crippen MR) is 78.8 cm³/mol. The lowest BCUT2D eigenvalue weighted by Crippen LogP contribution is -2.27. The monoisotopic (exact) mass is 299 g/mol. The summed E-state index contributed by atoms with van der Waals surface area (Å²) in [5.41, 5.74) is 6.23. The number of benzene rings is 1. The third-order valence-electron chi connectivity index (χ3n) is 2.80. The number of hydrogen-bond acceptors (Lipinski definition) is 4. The zero-order valence-electron chi connectivity index (χ0n) is 11.7. The van der Waals surface area contributed by atoms with Crippen molar-refractivity contribution in [1.29, 1.82) is 0 Å². The largest absolute Gasteiger partial charge is 0.327 e. The van der Waals surface area contributed by atoms with Gasteiger partial charge in [0.15, 0.2) is 0 Å². The molecule has 1 unspecified atom stereocenters. The highest BCUT2D eigenvalue weighted by molar-refractivity contribution is 7.89. The molecule has 0 aliphatic heterocycles. The maximum atomic E-state index is 11.8. The fraction of sp³-hybridized carbons (Fsp3) is 0.462. The van der Waals surface area contributed by atoms with Crippen molar-refractivity contribution in [3.63, 3.8) is 0 Å². The Bertz CT molecular complexity index is 558. The summed E-state index contributed by atoms with van der Waals surface area (Å²) in [5, 5.41) is 2.66. The number of amides is 1. The predicted octanol–water partition coefficient (Wildman–Crippen LogP) is 1.05. The molecule has 1 aromatic rings. The lowest BCUT2D eigenvalue weighted by molar-refractivity contribution is -0.116. The molecule has 1 aromatic carbocycles. The average Bonchev–Trinajstić information content (AvgIpc) is 2.39. The van der Waals surface area contributed by atoms with E-state index in [0.29, 0.717) is 5.69 Å². The Hall–Kier alpha value is -1.44. The van der Waals surface area contributed by atoms with Gasteiger partial charge in [-0.3, -0.25) is 4.79 Å². The maximum absolute atomic E-state index is 11.8. The van der Waals surface area contributed by atoms with Crippen LogP contribution in [0.15, 0.2) is 29.2 Å². The average molecular weight is 299 g/mol. The minimum atomic E-state index is -3.51. The first-order valence-corrected chi connectivity index (χ1v) is 7.96. The van der Waals surface area contributed by atoms with E-state index in [1.54, 1.807) is 12.1 Å². The minimum absolute atomic E-state index is 0.107. The van der Waals surface area contributed by atoms with E-state index in [-0.39, 0.29) is 23.3 Å². The molecule has 1 rings (SSSR count). The molecule has 0 saturated heterocycles. The highest BCUT2D eigenvalue weighted by atomic mass is 32.2. The summed E-state index contributed by atoms with van der Waals surface area (Å²) >= 11 is 0. The standard InChI is InChI=1S/C13H21N3O3S/c1-3-5-10(14)8-13(17)16-11-6-4-7-12(9-11)20(18,19)15-2/h4,6-7,9-10,15H,3,5,8,14H2,1-2H3,(H,16,17). The van der Waals surface area contributed by atoms with Crippen LogP contribution in [-0.2, 0) is 14.8 Å². The molecule has 7 heteroatoms. The van der Waals surface area contributed by atoms with Gasteiger partial charge >= 0.3 is 0 Å². The molecule has 0 aromatic heterocycles. The van der Waals surface area contributed by atoms with Crippen LogP contribution in [0.1, 0.15) is 26.2 Å². The van der Waals surface area contributed by atoms with Gasteiger partial charge in [-0.15, -0.1) is 0 Å². The molecule has 0 fully saturated rings. The zero-order valence-corrected chi connectivity index (χ0v) is 12.5. The van der Waals surface area contributed by atoms with Crippen molar-refractivity contribution >= 4 is 21.6 Å². The number of hydrogen-bond donors (Lipinski definition) is 3. The molecule has 0 aliphatic rings. The molecule has 6 nitrogen and oxygen atoms in total. The molecule has 20 heavy (non-hydrogen) atoms. The molecular formula is C13H21N3O3S. The second-order valence-corrected chi connectivity index (χ2v) is 6.42. The number of sulfonamides is 1.